The highest BCUT2D eigenvalue weighted by molar-refractivity contribution is 5.97. The van der Waals surface area contributed by atoms with Gasteiger partial charge in [0.1, 0.15) is 18.5 Å². The van der Waals surface area contributed by atoms with Gasteiger partial charge in [-0.1, -0.05) is 11.6 Å². The third kappa shape index (κ3) is 5.41. The number of benzene rings is 1. The van der Waals surface area contributed by atoms with E-state index in [0.717, 1.165) is 5.56 Å². The van der Waals surface area contributed by atoms with Gasteiger partial charge >= 0.3 is 0 Å². The molecule has 1 unspecified atom stereocenters. The smallest absolute Gasteiger partial charge is 0.163 e. The van der Waals surface area contributed by atoms with Crippen LogP contribution in [0.1, 0.15) is 36.7 Å². The van der Waals surface area contributed by atoms with Crippen LogP contribution < -0.4 is 4.74 Å². The van der Waals surface area contributed by atoms with Crippen molar-refractivity contribution in [2.75, 3.05) is 13.2 Å². The third-order valence-electron chi connectivity index (χ3n) is 2.57. The van der Waals surface area contributed by atoms with Gasteiger partial charge in [0.05, 0.1) is 18.3 Å². The van der Waals surface area contributed by atoms with Crippen LogP contribution in [0, 0.1) is 6.92 Å². The zero-order valence-corrected chi connectivity index (χ0v) is 12.0. The quantitative estimate of drug-likeness (QED) is 0.770. The van der Waals surface area contributed by atoms with E-state index >= 15 is 0 Å². The lowest BCUT2D eigenvalue weighted by Gasteiger charge is -2.16. The van der Waals surface area contributed by atoms with E-state index in [-0.39, 0.29) is 25.1 Å². The summed E-state index contributed by atoms with van der Waals surface area (Å²) in [6, 6.07) is 5.41. The van der Waals surface area contributed by atoms with Crippen LogP contribution in [0.15, 0.2) is 18.2 Å². The predicted molar refractivity (Wildman–Crippen MR) is 73.8 cm³/mol. The van der Waals surface area contributed by atoms with Crippen LogP contribution in [0.5, 0.6) is 5.75 Å². The summed E-state index contributed by atoms with van der Waals surface area (Å²) in [6.45, 7) is 7.55. The van der Waals surface area contributed by atoms with Gasteiger partial charge in [0.25, 0.3) is 0 Å². The van der Waals surface area contributed by atoms with Crippen molar-refractivity contribution < 1.29 is 19.4 Å². The molecule has 0 saturated carbocycles. The van der Waals surface area contributed by atoms with E-state index in [4.69, 9.17) is 9.47 Å². The van der Waals surface area contributed by atoms with Crippen molar-refractivity contribution in [1.82, 2.24) is 0 Å². The second-order valence-corrected chi connectivity index (χ2v) is 4.90. The van der Waals surface area contributed by atoms with Gasteiger partial charge < -0.3 is 14.6 Å². The summed E-state index contributed by atoms with van der Waals surface area (Å²) in [5, 5.41) is 9.71. The second-order valence-electron chi connectivity index (χ2n) is 4.90. The lowest BCUT2D eigenvalue weighted by molar-refractivity contribution is -0.0123. The van der Waals surface area contributed by atoms with Gasteiger partial charge in [0.15, 0.2) is 5.78 Å². The van der Waals surface area contributed by atoms with Gasteiger partial charge in [-0.25, -0.2) is 0 Å². The van der Waals surface area contributed by atoms with Crippen molar-refractivity contribution in [2.24, 2.45) is 0 Å². The number of rotatable bonds is 7. The van der Waals surface area contributed by atoms with Crippen molar-refractivity contribution in [3.8, 4) is 5.75 Å². The molecule has 1 aromatic rings. The molecule has 4 heteroatoms. The standard InChI is InChI=1S/C15H22O4/c1-10(2)18-8-13(17)9-19-15-6-5-11(3)7-14(15)12(4)16/h5-7,10,13,17H,8-9H2,1-4H3. The van der Waals surface area contributed by atoms with Crippen LogP contribution in [0.3, 0.4) is 0 Å². The fourth-order valence-corrected chi connectivity index (χ4v) is 1.58. The van der Waals surface area contributed by atoms with Crippen molar-refractivity contribution in [3.05, 3.63) is 29.3 Å². The van der Waals surface area contributed by atoms with Gasteiger partial charge in [-0.2, -0.15) is 0 Å². The van der Waals surface area contributed by atoms with E-state index in [2.05, 4.69) is 0 Å². The van der Waals surface area contributed by atoms with Gasteiger partial charge in [-0.3, -0.25) is 4.79 Å². The Balaban J connectivity index is 2.60. The zero-order chi connectivity index (χ0) is 14.4. The maximum atomic E-state index is 11.5. The Labute approximate surface area is 114 Å². The highest BCUT2D eigenvalue weighted by Crippen LogP contribution is 2.20. The minimum atomic E-state index is -0.705. The Morgan fingerprint density at radius 2 is 2.00 bits per heavy atom. The fourth-order valence-electron chi connectivity index (χ4n) is 1.58. The average molecular weight is 266 g/mol. The van der Waals surface area contributed by atoms with E-state index < -0.39 is 6.10 Å². The number of carbonyl (C=O) groups is 1. The summed E-state index contributed by atoms with van der Waals surface area (Å²) in [5.74, 6) is 0.452. The Hall–Kier alpha value is -1.39. The molecule has 0 heterocycles. The molecule has 1 N–H and O–H groups in total. The normalized spacial score (nSPS) is 12.5. The van der Waals surface area contributed by atoms with Crippen molar-refractivity contribution in [1.29, 1.82) is 0 Å². The molecule has 0 fully saturated rings. The molecule has 0 amide bonds. The summed E-state index contributed by atoms with van der Waals surface area (Å²) in [4.78, 5) is 11.5. The number of hydrogen-bond donors (Lipinski definition) is 1. The first kappa shape index (κ1) is 15.7. The van der Waals surface area contributed by atoms with Crippen LogP contribution in [0.25, 0.3) is 0 Å². The molecular formula is C15H22O4. The average Bonchev–Trinajstić information content (AvgIpc) is 2.34. The molecule has 0 aromatic heterocycles. The SMILES string of the molecule is CC(=O)c1cc(C)ccc1OCC(O)COC(C)C. The fraction of sp³-hybridized carbons (Fsp3) is 0.533. The summed E-state index contributed by atoms with van der Waals surface area (Å²) in [7, 11) is 0. The lowest BCUT2D eigenvalue weighted by Crippen LogP contribution is -2.25. The van der Waals surface area contributed by atoms with E-state index in [1.54, 1.807) is 12.1 Å². The van der Waals surface area contributed by atoms with Gasteiger partial charge in [0, 0.05) is 0 Å². The van der Waals surface area contributed by atoms with E-state index in [0.29, 0.717) is 11.3 Å². The molecular weight excluding hydrogens is 244 g/mol. The summed E-state index contributed by atoms with van der Waals surface area (Å²) in [6.07, 6.45) is -0.634. The third-order valence-corrected chi connectivity index (χ3v) is 2.57. The Morgan fingerprint density at radius 3 is 2.58 bits per heavy atom. The molecule has 0 aliphatic heterocycles. The Kier molecular flexibility index (Phi) is 5.99. The Morgan fingerprint density at radius 1 is 1.32 bits per heavy atom. The van der Waals surface area contributed by atoms with Gasteiger partial charge in [0.2, 0.25) is 0 Å². The molecule has 1 atom stereocenters. The Bertz CT molecular complexity index is 426. The highest BCUT2D eigenvalue weighted by atomic mass is 16.5. The van der Waals surface area contributed by atoms with Crippen molar-refractivity contribution in [3.63, 3.8) is 0 Å². The molecule has 19 heavy (non-hydrogen) atoms. The van der Waals surface area contributed by atoms with Crippen LogP contribution in [-0.4, -0.2) is 36.3 Å². The molecule has 0 saturated heterocycles. The maximum absolute atomic E-state index is 11.5. The van der Waals surface area contributed by atoms with Crippen LogP contribution >= 0.6 is 0 Å². The molecule has 0 bridgehead atoms. The monoisotopic (exact) mass is 266 g/mol. The van der Waals surface area contributed by atoms with Crippen LogP contribution in [0.4, 0.5) is 0 Å². The number of carbonyl (C=O) groups excluding carboxylic acids is 1. The van der Waals surface area contributed by atoms with E-state index in [1.807, 2.05) is 26.8 Å². The molecule has 4 nitrogen and oxygen atoms in total. The van der Waals surface area contributed by atoms with Crippen LogP contribution in [0.2, 0.25) is 0 Å². The first-order valence-corrected chi connectivity index (χ1v) is 6.44. The van der Waals surface area contributed by atoms with E-state index in [1.165, 1.54) is 6.92 Å². The molecule has 0 aliphatic carbocycles. The zero-order valence-electron chi connectivity index (χ0n) is 12.0. The van der Waals surface area contributed by atoms with Crippen molar-refractivity contribution in [2.45, 2.75) is 39.9 Å². The number of ketones is 1. The first-order chi connectivity index (χ1) is 8.90. The summed E-state index contributed by atoms with van der Waals surface area (Å²) >= 11 is 0. The second kappa shape index (κ2) is 7.26. The molecule has 0 radical (unpaired) electrons. The molecule has 0 aliphatic rings. The minimum absolute atomic E-state index is 0.0494. The molecule has 0 spiro atoms. The van der Waals surface area contributed by atoms with Crippen LogP contribution in [-0.2, 0) is 4.74 Å². The lowest BCUT2D eigenvalue weighted by atomic mass is 10.1. The summed E-state index contributed by atoms with van der Waals surface area (Å²) < 4.78 is 10.8. The van der Waals surface area contributed by atoms with Gasteiger partial charge in [-0.05, 0) is 39.8 Å². The number of aryl methyl sites for hydroxylation is 1. The molecule has 1 rings (SSSR count). The maximum Gasteiger partial charge on any atom is 0.163 e. The number of hydrogen-bond acceptors (Lipinski definition) is 4. The highest BCUT2D eigenvalue weighted by Gasteiger charge is 2.12. The predicted octanol–water partition coefficient (Wildman–Crippen LogP) is 2.36. The number of ether oxygens (including phenoxy) is 2. The molecule has 1 aromatic carbocycles. The van der Waals surface area contributed by atoms with E-state index in [9.17, 15) is 9.90 Å². The summed E-state index contributed by atoms with van der Waals surface area (Å²) in [5.41, 5.74) is 1.54. The number of aliphatic hydroxyl groups is 1. The first-order valence-electron chi connectivity index (χ1n) is 6.44. The number of aliphatic hydroxyl groups excluding tert-OH is 1. The number of Topliss-reactive ketones (excluding diaryl/α,β-unsaturated/α-hetero) is 1. The molecule has 106 valence electrons. The minimum Gasteiger partial charge on any atom is -0.490 e. The topological polar surface area (TPSA) is 55.8 Å². The van der Waals surface area contributed by atoms with Crippen molar-refractivity contribution >= 4 is 5.78 Å². The largest absolute Gasteiger partial charge is 0.490 e. The van der Waals surface area contributed by atoms with Gasteiger partial charge in [-0.15, -0.1) is 0 Å².